The van der Waals surface area contributed by atoms with Crippen LogP contribution in [0.4, 0.5) is 4.79 Å². The summed E-state index contributed by atoms with van der Waals surface area (Å²) in [4.78, 5) is 24.5. The van der Waals surface area contributed by atoms with Crippen molar-refractivity contribution >= 4 is 23.4 Å². The van der Waals surface area contributed by atoms with Crippen molar-refractivity contribution in [1.82, 2.24) is 10.3 Å². The molecule has 0 aliphatic rings. The van der Waals surface area contributed by atoms with Gasteiger partial charge >= 0.3 is 12.1 Å². The fraction of sp³-hybridized carbons (Fsp3) is 0.286. The van der Waals surface area contributed by atoms with E-state index in [-0.39, 0.29) is 5.69 Å². The number of thiazole rings is 1. The first-order chi connectivity index (χ1) is 6.50. The molecule has 0 aliphatic carbocycles. The standard InChI is InChI=1S/C7H8N2O4S/c1-3(8-7(12)13)5-9-4(2-14-5)6(10)11/h2-3,8H,1H3,(H,10,11)(H,12,13). The summed E-state index contributed by atoms with van der Waals surface area (Å²) < 4.78 is 0. The van der Waals surface area contributed by atoms with Crippen LogP contribution in [0.3, 0.4) is 0 Å². The van der Waals surface area contributed by atoms with Crippen LogP contribution in [0.1, 0.15) is 28.5 Å². The lowest BCUT2D eigenvalue weighted by molar-refractivity contribution is 0.0691. The molecule has 0 saturated heterocycles. The van der Waals surface area contributed by atoms with E-state index in [9.17, 15) is 9.59 Å². The molecule has 0 bridgehead atoms. The number of carbonyl (C=O) groups is 2. The van der Waals surface area contributed by atoms with Crippen molar-refractivity contribution in [3.05, 3.63) is 16.1 Å². The topological polar surface area (TPSA) is 99.5 Å². The van der Waals surface area contributed by atoms with E-state index in [1.54, 1.807) is 6.92 Å². The van der Waals surface area contributed by atoms with E-state index >= 15 is 0 Å². The highest BCUT2D eigenvalue weighted by Crippen LogP contribution is 2.17. The van der Waals surface area contributed by atoms with Crippen LogP contribution in [0, 0.1) is 0 Å². The summed E-state index contributed by atoms with van der Waals surface area (Å²) in [6.07, 6.45) is -1.16. The van der Waals surface area contributed by atoms with Gasteiger partial charge in [0.05, 0.1) is 6.04 Å². The minimum Gasteiger partial charge on any atom is -0.476 e. The second-order valence-corrected chi connectivity index (χ2v) is 3.44. The van der Waals surface area contributed by atoms with Gasteiger partial charge in [-0.3, -0.25) is 0 Å². The lowest BCUT2D eigenvalue weighted by atomic mass is 10.3. The van der Waals surface area contributed by atoms with Gasteiger partial charge in [0, 0.05) is 5.38 Å². The second kappa shape index (κ2) is 4.05. The molecular formula is C7H8N2O4S. The van der Waals surface area contributed by atoms with Crippen molar-refractivity contribution in [2.45, 2.75) is 13.0 Å². The Morgan fingerprint density at radius 3 is 2.64 bits per heavy atom. The SMILES string of the molecule is CC(NC(=O)O)c1nc(C(=O)O)cs1. The maximum atomic E-state index is 10.5. The Bertz CT molecular complexity index is 362. The predicted molar refractivity (Wildman–Crippen MR) is 48.6 cm³/mol. The summed E-state index contributed by atoms with van der Waals surface area (Å²) >= 11 is 1.11. The van der Waals surface area contributed by atoms with Gasteiger partial charge in [-0.15, -0.1) is 11.3 Å². The minimum atomic E-state index is -1.16. The highest BCUT2D eigenvalue weighted by Gasteiger charge is 2.14. The quantitative estimate of drug-likeness (QED) is 0.704. The molecule has 1 rings (SSSR count). The largest absolute Gasteiger partial charge is 0.476 e. The maximum absolute atomic E-state index is 10.5. The van der Waals surface area contributed by atoms with Crippen LogP contribution in [0.5, 0.6) is 0 Å². The third-order valence-corrected chi connectivity index (χ3v) is 2.48. The Kier molecular flexibility index (Phi) is 3.03. The third kappa shape index (κ3) is 2.43. The van der Waals surface area contributed by atoms with Gasteiger partial charge in [0.15, 0.2) is 5.69 Å². The summed E-state index contributed by atoms with van der Waals surface area (Å²) in [5.74, 6) is -1.12. The Morgan fingerprint density at radius 2 is 2.21 bits per heavy atom. The smallest absolute Gasteiger partial charge is 0.405 e. The van der Waals surface area contributed by atoms with Gasteiger partial charge < -0.3 is 15.5 Å². The number of aromatic carboxylic acids is 1. The van der Waals surface area contributed by atoms with E-state index in [1.807, 2.05) is 0 Å². The first-order valence-corrected chi connectivity index (χ1v) is 4.57. The fourth-order valence-corrected chi connectivity index (χ4v) is 1.63. The molecule has 1 aromatic heterocycles. The number of nitrogens with one attached hydrogen (secondary N) is 1. The summed E-state index contributed by atoms with van der Waals surface area (Å²) in [7, 11) is 0. The number of nitrogens with zero attached hydrogens (tertiary/aromatic N) is 1. The summed E-state index contributed by atoms with van der Waals surface area (Å²) in [5, 5.41) is 21.0. The lowest BCUT2D eigenvalue weighted by Crippen LogP contribution is -2.24. The van der Waals surface area contributed by atoms with Crippen LogP contribution >= 0.6 is 11.3 Å². The van der Waals surface area contributed by atoms with E-state index < -0.39 is 18.1 Å². The van der Waals surface area contributed by atoms with Crippen LogP contribution in [-0.4, -0.2) is 27.3 Å². The number of carboxylic acids is 1. The summed E-state index contributed by atoms with van der Waals surface area (Å²) in [5.41, 5.74) is -0.0657. The van der Waals surface area contributed by atoms with E-state index in [4.69, 9.17) is 10.2 Å². The van der Waals surface area contributed by atoms with Crippen LogP contribution < -0.4 is 5.32 Å². The average Bonchev–Trinajstić information content (AvgIpc) is 2.50. The molecule has 1 atom stereocenters. The first kappa shape index (κ1) is 10.5. The molecule has 0 aromatic carbocycles. The molecule has 0 saturated carbocycles. The molecular weight excluding hydrogens is 208 g/mol. The highest BCUT2D eigenvalue weighted by atomic mass is 32.1. The van der Waals surface area contributed by atoms with Gasteiger partial charge in [0.2, 0.25) is 0 Å². The molecule has 7 heteroatoms. The van der Waals surface area contributed by atoms with Crippen LogP contribution in [0.15, 0.2) is 5.38 Å². The van der Waals surface area contributed by atoms with E-state index in [2.05, 4.69) is 10.3 Å². The fourth-order valence-electron chi connectivity index (χ4n) is 0.832. The lowest BCUT2D eigenvalue weighted by Gasteiger charge is -2.06. The van der Waals surface area contributed by atoms with Crippen LogP contribution in [0.2, 0.25) is 0 Å². The van der Waals surface area contributed by atoms with E-state index in [1.165, 1.54) is 5.38 Å². The summed E-state index contributed by atoms with van der Waals surface area (Å²) in [6.45, 7) is 1.60. The third-order valence-electron chi connectivity index (χ3n) is 1.45. The minimum absolute atomic E-state index is 0.0657. The summed E-state index contributed by atoms with van der Waals surface area (Å²) in [6, 6.07) is -0.495. The Labute approximate surface area is 83.2 Å². The molecule has 1 aromatic rings. The number of rotatable bonds is 3. The van der Waals surface area contributed by atoms with Crippen LogP contribution in [-0.2, 0) is 0 Å². The van der Waals surface area contributed by atoms with Crippen molar-refractivity contribution in [3.63, 3.8) is 0 Å². The molecule has 1 heterocycles. The maximum Gasteiger partial charge on any atom is 0.405 e. The number of hydrogen-bond acceptors (Lipinski definition) is 4. The Morgan fingerprint density at radius 1 is 1.57 bits per heavy atom. The zero-order valence-corrected chi connectivity index (χ0v) is 8.04. The Balaban J connectivity index is 2.76. The molecule has 1 amide bonds. The molecule has 76 valence electrons. The zero-order valence-electron chi connectivity index (χ0n) is 7.22. The molecule has 0 aliphatic heterocycles. The zero-order chi connectivity index (χ0) is 10.7. The van der Waals surface area contributed by atoms with Gasteiger partial charge in [-0.05, 0) is 6.92 Å². The van der Waals surface area contributed by atoms with Crippen molar-refractivity contribution in [2.75, 3.05) is 0 Å². The highest BCUT2D eigenvalue weighted by molar-refractivity contribution is 7.09. The van der Waals surface area contributed by atoms with Crippen molar-refractivity contribution in [1.29, 1.82) is 0 Å². The predicted octanol–water partition coefficient (Wildman–Crippen LogP) is 1.17. The number of hydrogen-bond donors (Lipinski definition) is 3. The number of aromatic nitrogens is 1. The number of carboxylic acid groups (broad SMARTS) is 2. The second-order valence-electron chi connectivity index (χ2n) is 2.55. The first-order valence-electron chi connectivity index (χ1n) is 3.69. The van der Waals surface area contributed by atoms with Gasteiger partial charge in [-0.2, -0.15) is 0 Å². The van der Waals surface area contributed by atoms with Crippen molar-refractivity contribution in [2.24, 2.45) is 0 Å². The van der Waals surface area contributed by atoms with Gasteiger partial charge in [0.1, 0.15) is 5.01 Å². The molecule has 14 heavy (non-hydrogen) atoms. The van der Waals surface area contributed by atoms with E-state index in [0.717, 1.165) is 11.3 Å². The van der Waals surface area contributed by atoms with Crippen molar-refractivity contribution in [3.8, 4) is 0 Å². The molecule has 3 N–H and O–H groups in total. The van der Waals surface area contributed by atoms with Gasteiger partial charge in [0.25, 0.3) is 0 Å². The molecule has 0 radical (unpaired) electrons. The molecule has 1 unspecified atom stereocenters. The van der Waals surface area contributed by atoms with Crippen molar-refractivity contribution < 1.29 is 19.8 Å². The van der Waals surface area contributed by atoms with Crippen LogP contribution in [0.25, 0.3) is 0 Å². The average molecular weight is 216 g/mol. The monoisotopic (exact) mass is 216 g/mol. The Hall–Kier alpha value is -1.63. The normalized spacial score (nSPS) is 12.1. The molecule has 0 fully saturated rings. The van der Waals surface area contributed by atoms with Gasteiger partial charge in [-0.1, -0.05) is 0 Å². The van der Waals surface area contributed by atoms with E-state index in [0.29, 0.717) is 5.01 Å². The number of amides is 1. The van der Waals surface area contributed by atoms with Gasteiger partial charge in [-0.25, -0.2) is 14.6 Å². The molecule has 0 spiro atoms. The molecule has 6 nitrogen and oxygen atoms in total.